The van der Waals surface area contributed by atoms with Crippen LogP contribution in [-0.4, -0.2) is 31.6 Å². The third kappa shape index (κ3) is 4.71. The lowest BCUT2D eigenvalue weighted by Gasteiger charge is -2.11. The Bertz CT molecular complexity index is 595. The molecule has 0 aliphatic heterocycles. The summed E-state index contributed by atoms with van der Waals surface area (Å²) in [5.74, 6) is -0.789. The molecule has 20 heavy (non-hydrogen) atoms. The number of nitrogens with one attached hydrogen (secondary N) is 1. The van der Waals surface area contributed by atoms with Gasteiger partial charge in [-0.2, -0.15) is 13.2 Å². The molecule has 5 nitrogen and oxygen atoms in total. The highest BCUT2D eigenvalue weighted by Crippen LogP contribution is 2.23. The van der Waals surface area contributed by atoms with Gasteiger partial charge in [0.15, 0.2) is 0 Å². The summed E-state index contributed by atoms with van der Waals surface area (Å²) in [5.41, 5.74) is -0.407. The van der Waals surface area contributed by atoms with E-state index in [0.717, 1.165) is 6.07 Å². The molecule has 0 aromatic carbocycles. The second-order valence-corrected chi connectivity index (χ2v) is 6.56. The number of amides is 1. The van der Waals surface area contributed by atoms with E-state index in [-0.39, 0.29) is 6.54 Å². The van der Waals surface area contributed by atoms with E-state index in [9.17, 15) is 26.4 Å². The topological polar surface area (TPSA) is 68.2 Å². The monoisotopic (exact) mass is 332 g/mol. The molecular weight excluding hydrogens is 321 g/mol. The second-order valence-electron chi connectivity index (χ2n) is 4.00. The van der Waals surface area contributed by atoms with Crippen molar-refractivity contribution in [1.82, 2.24) is 9.88 Å². The third-order valence-electron chi connectivity index (χ3n) is 2.27. The fraction of sp³-hybridized carbons (Fsp3) is 0.500. The van der Waals surface area contributed by atoms with Gasteiger partial charge in [-0.25, -0.2) is 8.42 Å². The highest BCUT2D eigenvalue weighted by atomic mass is 35.7. The highest BCUT2D eigenvalue weighted by Gasteiger charge is 2.31. The highest BCUT2D eigenvalue weighted by molar-refractivity contribution is 8.13. The van der Waals surface area contributed by atoms with Crippen LogP contribution in [0.25, 0.3) is 0 Å². The van der Waals surface area contributed by atoms with E-state index in [2.05, 4.69) is 5.32 Å². The summed E-state index contributed by atoms with van der Waals surface area (Å²) in [4.78, 5) is 11.2. The van der Waals surface area contributed by atoms with E-state index in [0.29, 0.717) is 17.2 Å². The summed E-state index contributed by atoms with van der Waals surface area (Å²) in [6.07, 6.45) is -3.31. The van der Waals surface area contributed by atoms with Crippen molar-refractivity contribution in [2.75, 3.05) is 6.54 Å². The Morgan fingerprint density at radius 1 is 1.45 bits per heavy atom. The van der Waals surface area contributed by atoms with Crippen LogP contribution in [0.2, 0.25) is 0 Å². The minimum Gasteiger partial charge on any atom is -0.351 e. The molecule has 0 saturated carbocycles. The van der Waals surface area contributed by atoms with Crippen LogP contribution in [0.3, 0.4) is 0 Å². The van der Waals surface area contributed by atoms with E-state index in [1.54, 1.807) is 6.92 Å². The molecule has 0 bridgehead atoms. The van der Waals surface area contributed by atoms with Crippen LogP contribution in [0.1, 0.15) is 23.8 Å². The molecule has 1 N–H and O–H groups in total. The molecule has 0 aliphatic rings. The molecule has 1 heterocycles. The van der Waals surface area contributed by atoms with Crippen LogP contribution >= 0.6 is 10.7 Å². The van der Waals surface area contributed by atoms with Gasteiger partial charge in [0.1, 0.15) is 17.1 Å². The fourth-order valence-electron chi connectivity index (χ4n) is 1.46. The number of hydrogen-bond donors (Lipinski definition) is 1. The molecule has 0 radical (unpaired) electrons. The molecule has 1 aromatic rings. The van der Waals surface area contributed by atoms with Crippen LogP contribution in [-0.2, 0) is 15.6 Å². The standard InChI is InChI=1S/C10H12ClF3N2O3S/c1-2-3-15-9(17)8-4-7(20(11,18)19)5-16(8)6-10(12,13)14/h4-5H,2-3,6H2,1H3,(H,15,17). The Labute approximate surface area is 118 Å². The number of halogens is 4. The zero-order valence-corrected chi connectivity index (χ0v) is 11.9. The van der Waals surface area contributed by atoms with Gasteiger partial charge in [0.2, 0.25) is 0 Å². The van der Waals surface area contributed by atoms with E-state index < -0.39 is 38.3 Å². The van der Waals surface area contributed by atoms with Gasteiger partial charge in [-0.1, -0.05) is 6.92 Å². The SMILES string of the molecule is CCCNC(=O)c1cc(S(=O)(=O)Cl)cn1CC(F)(F)F. The molecule has 0 spiro atoms. The Morgan fingerprint density at radius 3 is 2.50 bits per heavy atom. The summed E-state index contributed by atoms with van der Waals surface area (Å²) in [6, 6.07) is 0.819. The molecule has 0 saturated heterocycles. The van der Waals surface area contributed by atoms with Gasteiger partial charge in [0.25, 0.3) is 15.0 Å². The molecule has 1 aromatic heterocycles. The molecule has 10 heteroatoms. The number of hydrogen-bond acceptors (Lipinski definition) is 3. The minimum atomic E-state index is -4.59. The number of alkyl halides is 3. The normalized spacial score (nSPS) is 12.4. The number of carbonyl (C=O) groups is 1. The first-order chi connectivity index (χ1) is 9.04. The predicted molar refractivity (Wildman–Crippen MR) is 66.2 cm³/mol. The Hall–Kier alpha value is -1.22. The summed E-state index contributed by atoms with van der Waals surface area (Å²) in [7, 11) is 0.860. The molecular formula is C10H12ClF3N2O3S. The average molecular weight is 333 g/mol. The van der Waals surface area contributed by atoms with Crippen molar-refractivity contribution in [2.45, 2.75) is 31.0 Å². The smallest absolute Gasteiger partial charge is 0.351 e. The first kappa shape index (κ1) is 16.8. The van der Waals surface area contributed by atoms with Gasteiger partial charge < -0.3 is 9.88 Å². The van der Waals surface area contributed by atoms with Crippen molar-refractivity contribution in [2.24, 2.45) is 0 Å². The van der Waals surface area contributed by atoms with Crippen molar-refractivity contribution < 1.29 is 26.4 Å². The maximum absolute atomic E-state index is 12.4. The van der Waals surface area contributed by atoms with Crippen LogP contribution in [0, 0.1) is 0 Å². The lowest BCUT2D eigenvalue weighted by Crippen LogP contribution is -2.28. The van der Waals surface area contributed by atoms with Crippen LogP contribution < -0.4 is 5.32 Å². The average Bonchev–Trinajstić information content (AvgIpc) is 2.67. The molecule has 1 amide bonds. The number of carbonyl (C=O) groups excluding carboxylic acids is 1. The number of rotatable bonds is 5. The fourth-order valence-corrected chi connectivity index (χ4v) is 2.22. The molecule has 1 rings (SSSR count). The van der Waals surface area contributed by atoms with Gasteiger partial charge >= 0.3 is 6.18 Å². The lowest BCUT2D eigenvalue weighted by atomic mass is 10.3. The van der Waals surface area contributed by atoms with Crippen molar-refractivity contribution >= 4 is 25.6 Å². The quantitative estimate of drug-likeness (QED) is 0.840. The van der Waals surface area contributed by atoms with Gasteiger partial charge in [-0.3, -0.25) is 4.79 Å². The molecule has 0 atom stereocenters. The summed E-state index contributed by atoms with van der Waals surface area (Å²) < 4.78 is 60.0. The van der Waals surface area contributed by atoms with E-state index in [1.165, 1.54) is 0 Å². The Kier molecular flexibility index (Phi) is 5.09. The number of nitrogens with zero attached hydrogens (tertiary/aromatic N) is 1. The molecule has 114 valence electrons. The Morgan fingerprint density at radius 2 is 2.05 bits per heavy atom. The summed E-state index contributed by atoms with van der Waals surface area (Å²) in [6.45, 7) is 0.553. The van der Waals surface area contributed by atoms with Crippen molar-refractivity contribution in [3.63, 3.8) is 0 Å². The molecule has 0 aliphatic carbocycles. The van der Waals surface area contributed by atoms with E-state index in [4.69, 9.17) is 10.7 Å². The number of aromatic nitrogens is 1. The zero-order valence-electron chi connectivity index (χ0n) is 10.4. The first-order valence-electron chi connectivity index (χ1n) is 5.54. The van der Waals surface area contributed by atoms with Gasteiger partial charge in [-0.05, 0) is 12.5 Å². The van der Waals surface area contributed by atoms with Gasteiger partial charge in [-0.15, -0.1) is 0 Å². The lowest BCUT2D eigenvalue weighted by molar-refractivity contribution is -0.140. The van der Waals surface area contributed by atoms with Gasteiger partial charge in [0, 0.05) is 23.4 Å². The van der Waals surface area contributed by atoms with Crippen LogP contribution in [0.5, 0.6) is 0 Å². The van der Waals surface area contributed by atoms with E-state index >= 15 is 0 Å². The summed E-state index contributed by atoms with van der Waals surface area (Å²) >= 11 is 0. The van der Waals surface area contributed by atoms with Crippen molar-refractivity contribution in [1.29, 1.82) is 0 Å². The maximum Gasteiger partial charge on any atom is 0.406 e. The van der Waals surface area contributed by atoms with E-state index in [1.807, 2.05) is 0 Å². The minimum absolute atomic E-state index is 0.263. The zero-order chi connectivity index (χ0) is 15.6. The Balaban J connectivity index is 3.19. The van der Waals surface area contributed by atoms with Crippen LogP contribution in [0.4, 0.5) is 13.2 Å². The predicted octanol–water partition coefficient (Wildman–Crippen LogP) is 2.12. The van der Waals surface area contributed by atoms with Crippen molar-refractivity contribution in [3.8, 4) is 0 Å². The largest absolute Gasteiger partial charge is 0.406 e. The summed E-state index contributed by atoms with van der Waals surface area (Å²) in [5, 5.41) is 2.37. The molecule has 0 fully saturated rings. The second kappa shape index (κ2) is 6.04. The van der Waals surface area contributed by atoms with Gasteiger partial charge in [0.05, 0.1) is 0 Å². The third-order valence-corrected chi connectivity index (χ3v) is 3.59. The van der Waals surface area contributed by atoms with Crippen LogP contribution in [0.15, 0.2) is 17.2 Å². The van der Waals surface area contributed by atoms with Crippen molar-refractivity contribution in [3.05, 3.63) is 18.0 Å². The molecule has 0 unspecified atom stereocenters. The maximum atomic E-state index is 12.4. The first-order valence-corrected chi connectivity index (χ1v) is 7.85.